The summed E-state index contributed by atoms with van der Waals surface area (Å²) in [4.78, 5) is 13.5. The van der Waals surface area contributed by atoms with Gasteiger partial charge < -0.3 is 4.90 Å². The van der Waals surface area contributed by atoms with Crippen molar-refractivity contribution in [3.63, 3.8) is 0 Å². The zero-order valence-electron chi connectivity index (χ0n) is 11.3. The summed E-state index contributed by atoms with van der Waals surface area (Å²) in [6.07, 6.45) is 3.47. The van der Waals surface area contributed by atoms with Gasteiger partial charge in [-0.3, -0.25) is 4.79 Å². The summed E-state index contributed by atoms with van der Waals surface area (Å²) in [7, 11) is -2.01. The highest BCUT2D eigenvalue weighted by atomic mass is 32.2. The number of carbonyl (C=O) groups excluding carboxylic acids is 1. The highest BCUT2D eigenvalue weighted by Crippen LogP contribution is 2.17. The molecule has 1 aromatic carbocycles. The fourth-order valence-electron chi connectivity index (χ4n) is 1.70. The van der Waals surface area contributed by atoms with Gasteiger partial charge in [-0.1, -0.05) is 19.8 Å². The molecule has 1 rings (SSSR count). The highest BCUT2D eigenvalue weighted by Gasteiger charge is 2.12. The minimum absolute atomic E-state index is 0.0248. The van der Waals surface area contributed by atoms with Gasteiger partial charge in [0.25, 0.3) is 0 Å². The van der Waals surface area contributed by atoms with Crippen LogP contribution in [0.1, 0.15) is 32.6 Å². The van der Waals surface area contributed by atoms with Crippen molar-refractivity contribution in [2.75, 3.05) is 11.9 Å². The fourth-order valence-corrected chi connectivity index (χ4v) is 2.21. The van der Waals surface area contributed by atoms with E-state index in [-0.39, 0.29) is 10.8 Å². The number of rotatable bonds is 6. The van der Waals surface area contributed by atoms with Gasteiger partial charge in [-0.2, -0.15) is 0 Å². The summed E-state index contributed by atoms with van der Waals surface area (Å²) in [6, 6.07) is 5.97. The first-order valence-corrected chi connectivity index (χ1v) is 7.80. The van der Waals surface area contributed by atoms with Crippen LogP contribution in [0, 0.1) is 0 Å². The molecule has 0 aromatic heterocycles. The number of nitrogens with zero attached hydrogens (tertiary/aromatic N) is 1. The van der Waals surface area contributed by atoms with Crippen LogP contribution in [-0.2, 0) is 14.8 Å². The number of anilines is 1. The van der Waals surface area contributed by atoms with Crippen molar-refractivity contribution in [3.8, 4) is 0 Å². The van der Waals surface area contributed by atoms with Crippen LogP contribution in [-0.4, -0.2) is 21.4 Å². The Labute approximate surface area is 114 Å². The Morgan fingerprint density at radius 3 is 2.26 bits per heavy atom. The SMILES string of the molecule is CCCCCC(=O)N(C)c1ccc(S(N)(=O)=O)cc1. The van der Waals surface area contributed by atoms with Crippen molar-refractivity contribution in [3.05, 3.63) is 24.3 Å². The molecule has 0 aliphatic heterocycles. The molecule has 106 valence electrons. The summed E-state index contributed by atoms with van der Waals surface area (Å²) in [5.41, 5.74) is 0.661. The minimum Gasteiger partial charge on any atom is -0.316 e. The van der Waals surface area contributed by atoms with Crippen LogP contribution in [0.5, 0.6) is 0 Å². The molecule has 0 fully saturated rings. The van der Waals surface area contributed by atoms with Crippen molar-refractivity contribution >= 4 is 21.6 Å². The number of benzene rings is 1. The maximum Gasteiger partial charge on any atom is 0.238 e. The Bertz CT molecular complexity index is 523. The van der Waals surface area contributed by atoms with Gasteiger partial charge >= 0.3 is 0 Å². The molecule has 6 heteroatoms. The zero-order valence-corrected chi connectivity index (χ0v) is 12.1. The molecule has 0 saturated carbocycles. The third-order valence-electron chi connectivity index (χ3n) is 2.92. The van der Waals surface area contributed by atoms with E-state index in [0.29, 0.717) is 12.1 Å². The number of hydrogen-bond donors (Lipinski definition) is 1. The average Bonchev–Trinajstić information content (AvgIpc) is 2.37. The van der Waals surface area contributed by atoms with Gasteiger partial charge in [0.1, 0.15) is 0 Å². The molecule has 1 aromatic rings. The maximum absolute atomic E-state index is 11.9. The molecule has 0 bridgehead atoms. The normalized spacial score (nSPS) is 11.3. The molecule has 0 heterocycles. The van der Waals surface area contributed by atoms with Gasteiger partial charge in [-0.15, -0.1) is 0 Å². The van der Waals surface area contributed by atoms with Crippen molar-refractivity contribution in [1.82, 2.24) is 0 Å². The molecular weight excluding hydrogens is 264 g/mol. The molecule has 19 heavy (non-hydrogen) atoms. The number of nitrogens with two attached hydrogens (primary N) is 1. The highest BCUT2D eigenvalue weighted by molar-refractivity contribution is 7.89. The number of sulfonamides is 1. The van der Waals surface area contributed by atoms with Gasteiger partial charge in [-0.05, 0) is 30.7 Å². The third-order valence-corrected chi connectivity index (χ3v) is 3.85. The summed E-state index contributed by atoms with van der Waals surface area (Å²) in [5.74, 6) is 0.0248. The van der Waals surface area contributed by atoms with Crippen LogP contribution in [0.4, 0.5) is 5.69 Å². The first-order valence-electron chi connectivity index (χ1n) is 6.25. The van der Waals surface area contributed by atoms with Crippen LogP contribution in [0.25, 0.3) is 0 Å². The Morgan fingerprint density at radius 1 is 1.21 bits per heavy atom. The van der Waals surface area contributed by atoms with Gasteiger partial charge in [0.15, 0.2) is 0 Å². The molecule has 0 aliphatic rings. The lowest BCUT2D eigenvalue weighted by molar-refractivity contribution is -0.118. The van der Waals surface area contributed by atoms with E-state index in [1.54, 1.807) is 19.2 Å². The second kappa shape index (κ2) is 6.68. The summed E-state index contributed by atoms with van der Waals surface area (Å²) >= 11 is 0. The van der Waals surface area contributed by atoms with E-state index >= 15 is 0 Å². The molecule has 0 unspecified atom stereocenters. The lowest BCUT2D eigenvalue weighted by Gasteiger charge is -2.17. The molecular formula is C13H20N2O3S. The van der Waals surface area contributed by atoms with E-state index < -0.39 is 10.0 Å². The van der Waals surface area contributed by atoms with Gasteiger partial charge in [0, 0.05) is 19.2 Å². The largest absolute Gasteiger partial charge is 0.316 e. The Balaban J connectivity index is 2.72. The second-order valence-corrected chi connectivity index (χ2v) is 6.01. The van der Waals surface area contributed by atoms with Gasteiger partial charge in [0.05, 0.1) is 4.90 Å². The first kappa shape index (κ1) is 15.7. The monoisotopic (exact) mass is 284 g/mol. The van der Waals surface area contributed by atoms with Crippen LogP contribution in [0.15, 0.2) is 29.2 Å². The molecule has 2 N–H and O–H groups in total. The van der Waals surface area contributed by atoms with Crippen LogP contribution in [0.2, 0.25) is 0 Å². The van der Waals surface area contributed by atoms with Crippen LogP contribution >= 0.6 is 0 Å². The van der Waals surface area contributed by atoms with Gasteiger partial charge in [0.2, 0.25) is 15.9 Å². The molecule has 0 aliphatic carbocycles. The van der Waals surface area contributed by atoms with E-state index in [4.69, 9.17) is 5.14 Å². The summed E-state index contributed by atoms with van der Waals surface area (Å²) in [5, 5.41) is 5.02. The van der Waals surface area contributed by atoms with Crippen molar-refractivity contribution in [2.45, 2.75) is 37.5 Å². The number of carbonyl (C=O) groups is 1. The predicted octanol–water partition coefficient (Wildman–Crippen LogP) is 1.88. The van der Waals surface area contributed by atoms with Crippen molar-refractivity contribution < 1.29 is 13.2 Å². The quantitative estimate of drug-likeness (QED) is 0.810. The third kappa shape index (κ3) is 4.65. The molecule has 0 saturated heterocycles. The number of hydrogen-bond acceptors (Lipinski definition) is 3. The van der Waals surface area contributed by atoms with E-state index in [0.717, 1.165) is 19.3 Å². The summed E-state index contributed by atoms with van der Waals surface area (Å²) in [6.45, 7) is 2.08. The molecule has 0 atom stereocenters. The smallest absolute Gasteiger partial charge is 0.238 e. The van der Waals surface area contributed by atoms with E-state index in [1.165, 1.54) is 17.0 Å². The fraction of sp³-hybridized carbons (Fsp3) is 0.462. The van der Waals surface area contributed by atoms with Gasteiger partial charge in [-0.25, -0.2) is 13.6 Å². The number of unbranched alkanes of at least 4 members (excludes halogenated alkanes) is 2. The Kier molecular flexibility index (Phi) is 5.50. The van der Waals surface area contributed by atoms with Crippen molar-refractivity contribution in [2.24, 2.45) is 5.14 Å². The molecule has 1 amide bonds. The van der Waals surface area contributed by atoms with Crippen LogP contribution < -0.4 is 10.0 Å². The van der Waals surface area contributed by atoms with Crippen molar-refractivity contribution in [1.29, 1.82) is 0 Å². The lowest BCUT2D eigenvalue weighted by Crippen LogP contribution is -2.25. The zero-order chi connectivity index (χ0) is 14.5. The second-order valence-electron chi connectivity index (χ2n) is 4.45. The van der Waals surface area contributed by atoms with E-state index in [9.17, 15) is 13.2 Å². The Morgan fingerprint density at radius 2 is 1.79 bits per heavy atom. The summed E-state index contributed by atoms with van der Waals surface area (Å²) < 4.78 is 22.2. The van der Waals surface area contributed by atoms with Crippen LogP contribution in [0.3, 0.4) is 0 Å². The minimum atomic E-state index is -3.69. The predicted molar refractivity (Wildman–Crippen MR) is 75.4 cm³/mol. The van der Waals surface area contributed by atoms with E-state index in [1.807, 2.05) is 0 Å². The number of amides is 1. The van der Waals surface area contributed by atoms with E-state index in [2.05, 4.69) is 6.92 Å². The molecule has 0 radical (unpaired) electrons. The topological polar surface area (TPSA) is 80.5 Å². The molecule has 5 nitrogen and oxygen atoms in total. The first-order chi connectivity index (χ1) is 8.86. The average molecular weight is 284 g/mol. The standard InChI is InChI=1S/C13H20N2O3S/c1-3-4-5-6-13(16)15(2)11-7-9-12(10-8-11)19(14,17)18/h7-10H,3-6H2,1-2H3,(H2,14,17,18). The molecule has 0 spiro atoms. The lowest BCUT2D eigenvalue weighted by atomic mass is 10.2. The Hall–Kier alpha value is -1.40. The number of primary sulfonamides is 1. The maximum atomic E-state index is 11.9.